The van der Waals surface area contributed by atoms with Crippen LogP contribution in [0.3, 0.4) is 0 Å². The largest absolute Gasteiger partial charge is 0.383 e. The molecule has 1 aliphatic heterocycles. The van der Waals surface area contributed by atoms with Gasteiger partial charge >= 0.3 is 0 Å². The van der Waals surface area contributed by atoms with Crippen LogP contribution in [0.2, 0.25) is 0 Å². The molecule has 0 saturated carbocycles. The first-order chi connectivity index (χ1) is 15.0. The number of carbonyl (C=O) groups excluding carboxylic acids is 3. The molecule has 7 nitrogen and oxygen atoms in total. The van der Waals surface area contributed by atoms with E-state index in [0.717, 1.165) is 18.4 Å². The lowest BCUT2D eigenvalue weighted by molar-refractivity contribution is -0.126. The van der Waals surface area contributed by atoms with E-state index >= 15 is 0 Å². The van der Waals surface area contributed by atoms with Crippen molar-refractivity contribution in [3.63, 3.8) is 0 Å². The average molecular weight is 424 g/mol. The number of rotatable bonds is 7. The Kier molecular flexibility index (Phi) is 7.78. The fourth-order valence-corrected chi connectivity index (χ4v) is 3.73. The average Bonchev–Trinajstić information content (AvgIpc) is 2.79. The van der Waals surface area contributed by atoms with Crippen molar-refractivity contribution in [2.45, 2.75) is 19.8 Å². The van der Waals surface area contributed by atoms with E-state index in [9.17, 15) is 14.4 Å². The second kappa shape index (κ2) is 10.7. The van der Waals surface area contributed by atoms with Crippen molar-refractivity contribution in [3.8, 4) is 0 Å². The number of amides is 3. The van der Waals surface area contributed by atoms with Gasteiger partial charge in [-0.05, 0) is 49.6 Å². The number of nitrogens with zero attached hydrogens (tertiary/aromatic N) is 1. The van der Waals surface area contributed by atoms with E-state index in [1.807, 2.05) is 25.1 Å². The molecule has 2 N–H and O–H groups in total. The highest BCUT2D eigenvalue weighted by Gasteiger charge is 2.28. The minimum Gasteiger partial charge on any atom is -0.383 e. The number of piperidine rings is 1. The number of nitrogens with one attached hydrogen (secondary N) is 2. The number of anilines is 1. The van der Waals surface area contributed by atoms with Gasteiger partial charge in [-0.2, -0.15) is 0 Å². The topological polar surface area (TPSA) is 87.7 Å². The summed E-state index contributed by atoms with van der Waals surface area (Å²) in [4.78, 5) is 39.7. The molecule has 0 aliphatic carbocycles. The maximum atomic E-state index is 13.1. The Hall–Kier alpha value is -3.19. The van der Waals surface area contributed by atoms with Crippen LogP contribution >= 0.6 is 0 Å². The molecule has 164 valence electrons. The first kappa shape index (κ1) is 22.5. The van der Waals surface area contributed by atoms with E-state index in [1.54, 1.807) is 42.3 Å². The second-order valence-corrected chi connectivity index (χ2v) is 7.72. The van der Waals surface area contributed by atoms with Gasteiger partial charge in [-0.1, -0.05) is 24.3 Å². The van der Waals surface area contributed by atoms with Crippen LogP contribution in [0.5, 0.6) is 0 Å². The predicted molar refractivity (Wildman–Crippen MR) is 119 cm³/mol. The molecule has 31 heavy (non-hydrogen) atoms. The number of hydrogen-bond acceptors (Lipinski definition) is 4. The van der Waals surface area contributed by atoms with Crippen LogP contribution in [-0.2, 0) is 9.53 Å². The Morgan fingerprint density at radius 2 is 1.94 bits per heavy atom. The fourth-order valence-electron chi connectivity index (χ4n) is 3.73. The number of benzene rings is 2. The molecule has 1 saturated heterocycles. The highest BCUT2D eigenvalue weighted by Crippen LogP contribution is 2.21. The molecule has 0 aromatic heterocycles. The summed E-state index contributed by atoms with van der Waals surface area (Å²) in [5, 5.41) is 5.72. The Labute approximate surface area is 182 Å². The summed E-state index contributed by atoms with van der Waals surface area (Å²) in [6.45, 7) is 3.80. The second-order valence-electron chi connectivity index (χ2n) is 7.72. The molecule has 0 unspecified atom stereocenters. The van der Waals surface area contributed by atoms with Gasteiger partial charge in [-0.25, -0.2) is 0 Å². The smallest absolute Gasteiger partial charge is 0.255 e. The van der Waals surface area contributed by atoms with Crippen molar-refractivity contribution in [2.24, 2.45) is 5.92 Å². The SMILES string of the molecule is COCCNC(=O)[C@@H]1CCCN(C(=O)c2cccc(NC(=O)c3ccccc3C)c2)C1. The van der Waals surface area contributed by atoms with E-state index in [0.29, 0.717) is 43.1 Å². The summed E-state index contributed by atoms with van der Waals surface area (Å²) in [6.07, 6.45) is 1.53. The highest BCUT2D eigenvalue weighted by atomic mass is 16.5. The Morgan fingerprint density at radius 3 is 2.71 bits per heavy atom. The van der Waals surface area contributed by atoms with E-state index < -0.39 is 0 Å². The lowest BCUT2D eigenvalue weighted by Crippen LogP contribution is -2.45. The molecule has 3 amide bonds. The van der Waals surface area contributed by atoms with Gasteiger partial charge in [0.2, 0.25) is 5.91 Å². The van der Waals surface area contributed by atoms with Gasteiger partial charge in [0.05, 0.1) is 12.5 Å². The molecule has 7 heteroatoms. The number of hydrogen-bond donors (Lipinski definition) is 2. The van der Waals surface area contributed by atoms with Crippen LogP contribution in [-0.4, -0.2) is 56.0 Å². The normalized spacial score (nSPS) is 15.9. The third kappa shape index (κ3) is 5.92. The number of methoxy groups -OCH3 is 1. The molecular formula is C24H29N3O4. The van der Waals surface area contributed by atoms with E-state index in [1.165, 1.54) is 0 Å². The zero-order chi connectivity index (χ0) is 22.2. The molecule has 2 aromatic carbocycles. The lowest BCUT2D eigenvalue weighted by atomic mass is 9.96. The van der Waals surface area contributed by atoms with Crippen molar-refractivity contribution in [1.29, 1.82) is 0 Å². The first-order valence-electron chi connectivity index (χ1n) is 10.5. The highest BCUT2D eigenvalue weighted by molar-refractivity contribution is 6.06. The van der Waals surface area contributed by atoms with Gasteiger partial charge in [0, 0.05) is 43.6 Å². The summed E-state index contributed by atoms with van der Waals surface area (Å²) < 4.78 is 4.96. The fraction of sp³-hybridized carbons (Fsp3) is 0.375. The number of aryl methyl sites for hydroxylation is 1. The van der Waals surface area contributed by atoms with Gasteiger partial charge in [0.1, 0.15) is 0 Å². The summed E-state index contributed by atoms with van der Waals surface area (Å²) in [7, 11) is 1.59. The standard InChI is InChI=1S/C24H29N3O4/c1-17-7-3-4-11-21(17)23(29)26-20-10-5-8-18(15-20)24(30)27-13-6-9-19(16-27)22(28)25-12-14-31-2/h3-5,7-8,10-11,15,19H,6,9,12-14,16H2,1-2H3,(H,25,28)(H,26,29)/t19-/m1/s1. The zero-order valence-corrected chi connectivity index (χ0v) is 18.0. The van der Waals surface area contributed by atoms with Crippen molar-refractivity contribution in [2.75, 3.05) is 38.7 Å². The van der Waals surface area contributed by atoms with Crippen molar-refractivity contribution < 1.29 is 19.1 Å². The maximum Gasteiger partial charge on any atom is 0.255 e. The van der Waals surface area contributed by atoms with Crippen LogP contribution < -0.4 is 10.6 Å². The molecule has 1 heterocycles. The van der Waals surface area contributed by atoms with Gasteiger partial charge in [0.15, 0.2) is 0 Å². The monoisotopic (exact) mass is 423 g/mol. The minimum absolute atomic E-state index is 0.0474. The first-order valence-corrected chi connectivity index (χ1v) is 10.5. The number of carbonyl (C=O) groups is 3. The van der Waals surface area contributed by atoms with Crippen LogP contribution in [0.4, 0.5) is 5.69 Å². The molecule has 2 aromatic rings. The van der Waals surface area contributed by atoms with Crippen LogP contribution in [0.25, 0.3) is 0 Å². The molecule has 3 rings (SSSR count). The van der Waals surface area contributed by atoms with Crippen molar-refractivity contribution in [1.82, 2.24) is 10.2 Å². The van der Waals surface area contributed by atoms with Gasteiger partial charge in [0.25, 0.3) is 11.8 Å². The lowest BCUT2D eigenvalue weighted by Gasteiger charge is -2.32. The van der Waals surface area contributed by atoms with Crippen molar-refractivity contribution in [3.05, 3.63) is 65.2 Å². The summed E-state index contributed by atoms with van der Waals surface area (Å²) in [6, 6.07) is 14.3. The Bertz CT molecular complexity index is 944. The van der Waals surface area contributed by atoms with Gasteiger partial charge < -0.3 is 20.3 Å². The van der Waals surface area contributed by atoms with Crippen LogP contribution in [0.1, 0.15) is 39.1 Å². The number of likely N-dealkylation sites (tertiary alicyclic amines) is 1. The molecule has 1 fully saturated rings. The van der Waals surface area contributed by atoms with E-state index in [4.69, 9.17) is 4.74 Å². The molecule has 1 atom stereocenters. The van der Waals surface area contributed by atoms with Crippen molar-refractivity contribution >= 4 is 23.4 Å². The van der Waals surface area contributed by atoms with Crippen LogP contribution in [0.15, 0.2) is 48.5 Å². The zero-order valence-electron chi connectivity index (χ0n) is 18.0. The summed E-state index contributed by atoms with van der Waals surface area (Å²) >= 11 is 0. The molecule has 1 aliphatic rings. The molecule has 0 radical (unpaired) electrons. The Morgan fingerprint density at radius 1 is 1.13 bits per heavy atom. The molecule has 0 spiro atoms. The summed E-state index contributed by atoms with van der Waals surface area (Å²) in [5.41, 5.74) is 2.53. The van der Waals surface area contributed by atoms with Gasteiger partial charge in [-0.15, -0.1) is 0 Å². The number of ether oxygens (including phenoxy) is 1. The third-order valence-electron chi connectivity index (χ3n) is 5.44. The third-order valence-corrected chi connectivity index (χ3v) is 5.44. The minimum atomic E-state index is -0.224. The quantitative estimate of drug-likeness (QED) is 0.671. The van der Waals surface area contributed by atoms with E-state index in [-0.39, 0.29) is 23.6 Å². The predicted octanol–water partition coefficient (Wildman–Crippen LogP) is 2.86. The Balaban J connectivity index is 1.65. The van der Waals surface area contributed by atoms with Crippen LogP contribution in [0, 0.1) is 12.8 Å². The maximum absolute atomic E-state index is 13.1. The van der Waals surface area contributed by atoms with E-state index in [2.05, 4.69) is 10.6 Å². The molecule has 0 bridgehead atoms. The summed E-state index contributed by atoms with van der Waals surface area (Å²) in [5.74, 6) is -0.623. The van der Waals surface area contributed by atoms with Gasteiger partial charge in [-0.3, -0.25) is 14.4 Å². The molecular weight excluding hydrogens is 394 g/mol.